The van der Waals surface area contributed by atoms with Crippen LogP contribution in [-0.2, 0) is 6.54 Å². The average Bonchev–Trinajstić information content (AvgIpc) is 3.00. The molecule has 0 spiro atoms. The van der Waals surface area contributed by atoms with Gasteiger partial charge in [0, 0.05) is 13.1 Å². The lowest BCUT2D eigenvalue weighted by Crippen LogP contribution is -2.39. The molecule has 0 atom stereocenters. The average molecular weight is 436 g/mol. The summed E-state index contributed by atoms with van der Waals surface area (Å²) in [5.41, 5.74) is 1.28. The summed E-state index contributed by atoms with van der Waals surface area (Å²) in [7, 11) is 2.22. The van der Waals surface area contributed by atoms with E-state index in [-0.39, 0.29) is 24.0 Å². The highest BCUT2D eigenvalue weighted by molar-refractivity contribution is 14.0. The second-order valence-corrected chi connectivity index (χ2v) is 6.57. The van der Waals surface area contributed by atoms with Gasteiger partial charge in [-0.2, -0.15) is 11.3 Å². The molecule has 0 amide bonds. The zero-order chi connectivity index (χ0) is 14.9. The fourth-order valence-electron chi connectivity index (χ4n) is 2.64. The van der Waals surface area contributed by atoms with Crippen LogP contribution in [0.3, 0.4) is 0 Å². The van der Waals surface area contributed by atoms with Crippen molar-refractivity contribution in [1.82, 2.24) is 15.5 Å². The molecule has 1 aromatic rings. The van der Waals surface area contributed by atoms with Gasteiger partial charge in [0.25, 0.3) is 0 Å². The van der Waals surface area contributed by atoms with E-state index in [0.29, 0.717) is 0 Å². The lowest BCUT2D eigenvalue weighted by Gasteiger charge is -2.29. The van der Waals surface area contributed by atoms with Crippen molar-refractivity contribution in [2.24, 2.45) is 10.9 Å². The molecule has 2 heterocycles. The molecule has 2 rings (SSSR count). The van der Waals surface area contributed by atoms with Crippen molar-refractivity contribution in [3.8, 4) is 0 Å². The number of guanidine groups is 1. The third-order valence-corrected chi connectivity index (χ3v) is 4.76. The summed E-state index contributed by atoms with van der Waals surface area (Å²) in [4.78, 5) is 7.07. The van der Waals surface area contributed by atoms with E-state index in [1.807, 2.05) is 0 Å². The van der Waals surface area contributed by atoms with E-state index in [2.05, 4.69) is 51.3 Å². The topological polar surface area (TPSA) is 39.7 Å². The molecule has 4 nitrogen and oxygen atoms in total. The van der Waals surface area contributed by atoms with E-state index in [4.69, 9.17) is 0 Å². The highest BCUT2D eigenvalue weighted by atomic mass is 127. The molecule has 1 aliphatic rings. The first-order valence-corrected chi connectivity index (χ1v) is 8.94. The van der Waals surface area contributed by atoms with Gasteiger partial charge in [0.05, 0.1) is 6.54 Å². The molecule has 0 saturated carbocycles. The van der Waals surface area contributed by atoms with Gasteiger partial charge >= 0.3 is 0 Å². The van der Waals surface area contributed by atoms with Gasteiger partial charge in [-0.25, -0.2) is 4.99 Å². The Morgan fingerprint density at radius 3 is 2.77 bits per heavy atom. The molecule has 1 saturated heterocycles. The van der Waals surface area contributed by atoms with Crippen LogP contribution in [0.5, 0.6) is 0 Å². The van der Waals surface area contributed by atoms with Gasteiger partial charge in [-0.1, -0.05) is 0 Å². The Bertz CT molecular complexity index is 414. The third kappa shape index (κ3) is 7.28. The van der Waals surface area contributed by atoms with E-state index in [1.54, 1.807) is 11.3 Å². The summed E-state index contributed by atoms with van der Waals surface area (Å²) < 4.78 is 0. The van der Waals surface area contributed by atoms with Crippen LogP contribution in [0, 0.1) is 5.92 Å². The fraction of sp³-hybridized carbons (Fsp3) is 0.688. The number of rotatable bonds is 6. The Morgan fingerprint density at radius 2 is 2.14 bits per heavy atom. The largest absolute Gasteiger partial charge is 0.357 e. The number of piperidine rings is 1. The number of hydrogen-bond acceptors (Lipinski definition) is 3. The number of halogens is 1. The molecule has 0 aromatic carbocycles. The van der Waals surface area contributed by atoms with Crippen LogP contribution in [0.15, 0.2) is 21.8 Å². The van der Waals surface area contributed by atoms with Crippen molar-refractivity contribution in [2.45, 2.75) is 32.7 Å². The highest BCUT2D eigenvalue weighted by Crippen LogP contribution is 2.18. The molecule has 0 unspecified atom stereocenters. The van der Waals surface area contributed by atoms with Gasteiger partial charge in [0.15, 0.2) is 5.96 Å². The van der Waals surface area contributed by atoms with Gasteiger partial charge in [0.1, 0.15) is 0 Å². The van der Waals surface area contributed by atoms with Crippen molar-refractivity contribution in [2.75, 3.05) is 33.2 Å². The smallest absolute Gasteiger partial charge is 0.191 e. The molecule has 6 heteroatoms. The second kappa shape index (κ2) is 11.2. The molecule has 22 heavy (non-hydrogen) atoms. The summed E-state index contributed by atoms with van der Waals surface area (Å²) >= 11 is 1.73. The quantitative estimate of drug-likeness (QED) is 0.409. The van der Waals surface area contributed by atoms with Crippen molar-refractivity contribution >= 4 is 41.3 Å². The van der Waals surface area contributed by atoms with E-state index >= 15 is 0 Å². The molecule has 0 bridgehead atoms. The Kier molecular flexibility index (Phi) is 10.1. The molecule has 1 fully saturated rings. The predicted octanol–water partition coefficient (Wildman–Crippen LogP) is 3.15. The van der Waals surface area contributed by atoms with Crippen LogP contribution in [0.25, 0.3) is 0 Å². The first-order chi connectivity index (χ1) is 10.3. The van der Waals surface area contributed by atoms with Gasteiger partial charge in [0.2, 0.25) is 0 Å². The van der Waals surface area contributed by atoms with Crippen LogP contribution in [0.4, 0.5) is 0 Å². The molecule has 126 valence electrons. The van der Waals surface area contributed by atoms with Gasteiger partial charge in [-0.3, -0.25) is 0 Å². The SMILES string of the molecule is CCNC(=NCc1ccsc1)NCCC1CCN(C)CC1.I. The van der Waals surface area contributed by atoms with E-state index < -0.39 is 0 Å². The molecule has 0 aliphatic carbocycles. The molecule has 1 aliphatic heterocycles. The zero-order valence-corrected chi connectivity index (χ0v) is 16.8. The van der Waals surface area contributed by atoms with Crippen molar-refractivity contribution < 1.29 is 0 Å². The standard InChI is InChI=1S/C16H28N4S.HI/c1-3-17-16(19-12-15-7-11-21-13-15)18-8-4-14-5-9-20(2)10-6-14;/h7,11,13-14H,3-6,8-10,12H2,1-2H3,(H2,17,18,19);1H. The number of hydrogen-bond donors (Lipinski definition) is 2. The van der Waals surface area contributed by atoms with E-state index in [9.17, 15) is 0 Å². The highest BCUT2D eigenvalue weighted by Gasteiger charge is 2.16. The maximum Gasteiger partial charge on any atom is 0.191 e. The maximum absolute atomic E-state index is 4.64. The summed E-state index contributed by atoms with van der Waals surface area (Å²) in [6.07, 6.45) is 3.91. The van der Waals surface area contributed by atoms with Gasteiger partial charge in [-0.05, 0) is 74.6 Å². The van der Waals surface area contributed by atoms with Crippen molar-refractivity contribution in [1.29, 1.82) is 0 Å². The lowest BCUT2D eigenvalue weighted by molar-refractivity contribution is 0.213. The molecular weight excluding hydrogens is 407 g/mol. The van der Waals surface area contributed by atoms with Crippen LogP contribution >= 0.6 is 35.3 Å². The number of nitrogens with one attached hydrogen (secondary N) is 2. The minimum absolute atomic E-state index is 0. The summed E-state index contributed by atoms with van der Waals surface area (Å²) in [6.45, 7) is 7.29. The van der Waals surface area contributed by atoms with Crippen LogP contribution in [0.1, 0.15) is 31.7 Å². The minimum Gasteiger partial charge on any atom is -0.357 e. The van der Waals surface area contributed by atoms with Crippen molar-refractivity contribution in [3.63, 3.8) is 0 Å². The Balaban J connectivity index is 0.00000242. The fourth-order valence-corrected chi connectivity index (χ4v) is 3.30. The maximum atomic E-state index is 4.64. The Morgan fingerprint density at radius 1 is 1.36 bits per heavy atom. The van der Waals surface area contributed by atoms with Gasteiger partial charge < -0.3 is 15.5 Å². The second-order valence-electron chi connectivity index (χ2n) is 5.79. The van der Waals surface area contributed by atoms with Gasteiger partial charge in [-0.15, -0.1) is 24.0 Å². The monoisotopic (exact) mass is 436 g/mol. The minimum atomic E-state index is 0. The van der Waals surface area contributed by atoms with Crippen LogP contribution in [-0.4, -0.2) is 44.1 Å². The molecule has 2 N–H and O–H groups in total. The lowest BCUT2D eigenvalue weighted by atomic mass is 9.94. The Labute approximate surface area is 155 Å². The van der Waals surface area contributed by atoms with Crippen molar-refractivity contribution in [3.05, 3.63) is 22.4 Å². The summed E-state index contributed by atoms with van der Waals surface area (Å²) in [5.74, 6) is 1.81. The Hall–Kier alpha value is -0.340. The van der Waals surface area contributed by atoms with E-state index in [0.717, 1.165) is 31.5 Å². The number of thiophene rings is 1. The third-order valence-electron chi connectivity index (χ3n) is 4.03. The predicted molar refractivity (Wildman–Crippen MR) is 107 cm³/mol. The first-order valence-electron chi connectivity index (χ1n) is 7.99. The molecular formula is C16H29IN4S. The van der Waals surface area contributed by atoms with E-state index in [1.165, 1.54) is 37.9 Å². The normalized spacial score (nSPS) is 17.1. The van der Waals surface area contributed by atoms with Crippen LogP contribution < -0.4 is 10.6 Å². The number of aliphatic imine (C=N–C) groups is 1. The first kappa shape index (κ1) is 19.7. The molecule has 1 aromatic heterocycles. The summed E-state index contributed by atoms with van der Waals surface area (Å²) in [6, 6.07) is 2.14. The molecule has 0 radical (unpaired) electrons. The number of nitrogens with zero attached hydrogens (tertiary/aromatic N) is 2. The zero-order valence-electron chi connectivity index (χ0n) is 13.7. The van der Waals surface area contributed by atoms with Crippen LogP contribution in [0.2, 0.25) is 0 Å². The summed E-state index contributed by atoms with van der Waals surface area (Å²) in [5, 5.41) is 11.1. The number of likely N-dealkylation sites (tertiary alicyclic amines) is 1.